The smallest absolute Gasteiger partial charge is 0.295 e. The summed E-state index contributed by atoms with van der Waals surface area (Å²) in [5, 5.41) is 13.2. The number of nitrogens with zero attached hydrogens (tertiary/aromatic N) is 3. The molecule has 8 bridgehead atoms. The first-order valence-electron chi connectivity index (χ1n) is 18.8. The van der Waals surface area contributed by atoms with Gasteiger partial charge in [-0.25, -0.2) is 9.97 Å². The van der Waals surface area contributed by atoms with Crippen molar-refractivity contribution in [3.63, 3.8) is 0 Å². The lowest BCUT2D eigenvalue weighted by atomic mass is 10.0. The topological polar surface area (TPSA) is 137 Å². The van der Waals surface area contributed by atoms with Crippen molar-refractivity contribution < 1.29 is 23.9 Å². The van der Waals surface area contributed by atoms with Crippen LogP contribution >= 0.6 is 0 Å². The summed E-state index contributed by atoms with van der Waals surface area (Å²) in [6, 6.07) is 36.2. The maximum absolute atomic E-state index is 13.2. The molecule has 0 unspecified atom stereocenters. The second kappa shape index (κ2) is 15.2. The van der Waals surface area contributed by atoms with Gasteiger partial charge in [-0.2, -0.15) is 0 Å². The Morgan fingerprint density at radius 2 is 0.847 bits per heavy atom. The van der Waals surface area contributed by atoms with E-state index in [2.05, 4.69) is 9.97 Å². The normalized spacial score (nSPS) is 11.7. The molecule has 2 aliphatic rings. The number of ether oxygens (including phenoxy) is 4. The van der Waals surface area contributed by atoms with Gasteiger partial charge in [-0.15, -0.1) is 0 Å². The lowest BCUT2D eigenvalue weighted by Crippen LogP contribution is -1.93. The summed E-state index contributed by atoms with van der Waals surface area (Å²) >= 11 is 0. The van der Waals surface area contributed by atoms with Crippen LogP contribution in [-0.2, 0) is 0 Å². The summed E-state index contributed by atoms with van der Waals surface area (Å²) in [6.07, 6.45) is 7.80. The fourth-order valence-corrected chi connectivity index (χ4v) is 7.74. The van der Waals surface area contributed by atoms with E-state index in [1.165, 1.54) is 0 Å². The molecule has 0 saturated heterocycles. The second-order valence-electron chi connectivity index (χ2n) is 13.8. The molecule has 11 heteroatoms. The highest BCUT2D eigenvalue weighted by atomic mass is 16.6. The Labute approximate surface area is 339 Å². The number of aromatic nitrogens is 4. The van der Waals surface area contributed by atoms with Crippen molar-refractivity contribution in [3.05, 3.63) is 148 Å². The largest absolute Gasteiger partial charge is 0.497 e. The molecule has 0 amide bonds. The molecule has 0 spiro atoms. The molecule has 2 aliphatic heterocycles. The molecule has 5 heterocycles. The lowest BCUT2D eigenvalue weighted by molar-refractivity contribution is -0.382. The molecule has 0 aliphatic carbocycles. The molecular formula is C48H37N5O6. The number of hydrogen-bond acceptors (Lipinski definition) is 8. The predicted octanol–water partition coefficient (Wildman–Crippen LogP) is 11.3. The average molecular weight is 780 g/mol. The first-order valence-corrected chi connectivity index (χ1v) is 18.8. The number of nitro groups is 1. The fourth-order valence-electron chi connectivity index (χ4n) is 7.74. The van der Waals surface area contributed by atoms with Crippen LogP contribution in [0.4, 0.5) is 5.69 Å². The summed E-state index contributed by atoms with van der Waals surface area (Å²) in [7, 11) is 6.47. The van der Waals surface area contributed by atoms with E-state index in [1.807, 2.05) is 133 Å². The van der Waals surface area contributed by atoms with Crippen LogP contribution in [0.25, 0.3) is 90.9 Å². The maximum Gasteiger partial charge on any atom is 0.295 e. The van der Waals surface area contributed by atoms with Crippen LogP contribution in [0, 0.1) is 10.1 Å². The van der Waals surface area contributed by atoms with Crippen LogP contribution < -0.4 is 18.9 Å². The summed E-state index contributed by atoms with van der Waals surface area (Å²) in [5.41, 5.74) is 10.6. The van der Waals surface area contributed by atoms with Crippen molar-refractivity contribution in [2.24, 2.45) is 0 Å². The van der Waals surface area contributed by atoms with E-state index in [9.17, 15) is 10.1 Å². The van der Waals surface area contributed by atoms with E-state index in [0.29, 0.717) is 73.5 Å². The molecule has 7 aromatic rings. The van der Waals surface area contributed by atoms with Gasteiger partial charge in [0.2, 0.25) is 0 Å². The zero-order valence-corrected chi connectivity index (χ0v) is 32.6. The van der Waals surface area contributed by atoms with E-state index in [1.54, 1.807) is 34.5 Å². The van der Waals surface area contributed by atoms with E-state index >= 15 is 0 Å². The first-order chi connectivity index (χ1) is 28.8. The van der Waals surface area contributed by atoms with Gasteiger partial charge in [0.25, 0.3) is 5.69 Å². The highest BCUT2D eigenvalue weighted by Crippen LogP contribution is 2.42. The molecule has 59 heavy (non-hydrogen) atoms. The SMILES string of the molecule is COc1cccc(-c2c3nc(c(-c4cccc(OC)c4)c4ccc([nH]4)c(-c4cccc(OC)c4)c4cc([N+](=O)[O-])c([nH]4)c(-c4cccc(OC)c4)c4nc2C=C4)C=C3)c1. The molecule has 0 saturated carbocycles. The summed E-state index contributed by atoms with van der Waals surface area (Å²) in [4.78, 5) is 30.6. The number of fused-ring (bicyclic) bond motifs is 8. The zero-order valence-electron chi connectivity index (χ0n) is 32.6. The maximum atomic E-state index is 13.2. The second-order valence-corrected chi connectivity index (χ2v) is 13.8. The summed E-state index contributed by atoms with van der Waals surface area (Å²) in [6.45, 7) is 0. The van der Waals surface area contributed by atoms with Crippen molar-refractivity contribution in [1.82, 2.24) is 19.9 Å². The van der Waals surface area contributed by atoms with Gasteiger partial charge in [0, 0.05) is 39.4 Å². The van der Waals surface area contributed by atoms with Crippen LogP contribution in [-0.4, -0.2) is 53.3 Å². The molecule has 0 fully saturated rings. The highest BCUT2D eigenvalue weighted by Gasteiger charge is 2.24. The molecule has 11 nitrogen and oxygen atoms in total. The van der Waals surface area contributed by atoms with Crippen molar-refractivity contribution in [2.75, 3.05) is 28.4 Å². The average Bonchev–Trinajstić information content (AvgIpc) is 4.11. The Balaban J connectivity index is 1.52. The predicted molar refractivity (Wildman–Crippen MR) is 233 cm³/mol. The monoisotopic (exact) mass is 779 g/mol. The van der Waals surface area contributed by atoms with Gasteiger partial charge in [-0.1, -0.05) is 48.5 Å². The highest BCUT2D eigenvalue weighted by molar-refractivity contribution is 6.03. The minimum absolute atomic E-state index is 0.124. The molecule has 2 N–H and O–H groups in total. The van der Waals surface area contributed by atoms with Gasteiger partial charge in [0.15, 0.2) is 0 Å². The number of nitrogens with one attached hydrogen (secondary N) is 2. The van der Waals surface area contributed by atoms with Gasteiger partial charge in [0.1, 0.15) is 28.5 Å². The van der Waals surface area contributed by atoms with E-state index < -0.39 is 0 Å². The van der Waals surface area contributed by atoms with Crippen LogP contribution in [0.15, 0.2) is 115 Å². The van der Waals surface area contributed by atoms with Gasteiger partial charge in [-0.05, 0) is 107 Å². The van der Waals surface area contributed by atoms with E-state index in [-0.39, 0.29) is 16.1 Å². The molecule has 3 aromatic heterocycles. The minimum Gasteiger partial charge on any atom is -0.497 e. The fraction of sp³-hybridized carbons (Fsp3) is 0.0833. The number of benzene rings is 4. The Morgan fingerprint density at radius 1 is 0.458 bits per heavy atom. The van der Waals surface area contributed by atoms with Crippen molar-refractivity contribution in [1.29, 1.82) is 0 Å². The van der Waals surface area contributed by atoms with Crippen LogP contribution in [0.5, 0.6) is 23.0 Å². The number of H-pyrrole nitrogens is 2. The van der Waals surface area contributed by atoms with E-state index in [0.717, 1.165) is 33.3 Å². The van der Waals surface area contributed by atoms with Crippen molar-refractivity contribution in [2.45, 2.75) is 0 Å². The third-order valence-electron chi connectivity index (χ3n) is 10.5. The molecule has 290 valence electrons. The number of hydrogen-bond donors (Lipinski definition) is 2. The number of rotatable bonds is 9. The zero-order chi connectivity index (χ0) is 40.6. The Bertz CT molecular complexity index is 3050. The standard InChI is InChI=1S/C48H37N5O6/c1-56-32-13-5-9-28(23-32)44-36-17-18-37(49-36)45(29-10-6-14-33(24-29)57-2)39-21-22-41(51-39)47(31-12-8-16-35(26-31)59-4)48-43(53(54)55)27-42(52-48)46(40-20-19-38(44)50-40)30-11-7-15-34(25-30)58-3/h5-27,50,52H,1-4H3. The molecular weight excluding hydrogens is 743 g/mol. The minimum atomic E-state index is -0.367. The third-order valence-corrected chi connectivity index (χ3v) is 10.5. The number of methoxy groups -OCH3 is 4. The van der Waals surface area contributed by atoms with E-state index in [4.69, 9.17) is 28.9 Å². The molecule has 4 aromatic carbocycles. The van der Waals surface area contributed by atoms with Crippen LogP contribution in [0.2, 0.25) is 0 Å². The Kier molecular flexibility index (Phi) is 9.46. The van der Waals surface area contributed by atoms with Gasteiger partial charge < -0.3 is 28.9 Å². The van der Waals surface area contributed by atoms with Gasteiger partial charge in [-0.3, -0.25) is 10.1 Å². The number of aromatic amines is 2. The van der Waals surface area contributed by atoms with Crippen LogP contribution in [0.1, 0.15) is 22.8 Å². The Morgan fingerprint density at radius 3 is 1.31 bits per heavy atom. The quantitative estimate of drug-likeness (QED) is 0.109. The van der Waals surface area contributed by atoms with Gasteiger partial charge >= 0.3 is 0 Å². The summed E-state index contributed by atoms with van der Waals surface area (Å²) in [5.74, 6) is 2.58. The van der Waals surface area contributed by atoms with Gasteiger partial charge in [0.05, 0.1) is 61.7 Å². The van der Waals surface area contributed by atoms with Crippen molar-refractivity contribution >= 4 is 52.1 Å². The van der Waals surface area contributed by atoms with Crippen molar-refractivity contribution in [3.8, 4) is 67.5 Å². The summed E-state index contributed by atoms with van der Waals surface area (Å²) < 4.78 is 22.6. The molecule has 0 radical (unpaired) electrons. The molecule has 9 rings (SSSR count). The van der Waals surface area contributed by atoms with Crippen LogP contribution in [0.3, 0.4) is 0 Å². The first kappa shape index (κ1) is 36.7. The molecule has 0 atom stereocenters. The third kappa shape index (κ3) is 6.74. The lowest BCUT2D eigenvalue weighted by Gasteiger charge is -2.09. The Hall–Kier alpha value is -7.92.